The van der Waals surface area contributed by atoms with E-state index in [0.717, 1.165) is 24.2 Å². The van der Waals surface area contributed by atoms with E-state index >= 15 is 0 Å². The number of sulfonamides is 1. The maximum absolute atomic E-state index is 12.4. The molecule has 20 heavy (non-hydrogen) atoms. The van der Waals surface area contributed by atoms with Gasteiger partial charge in [0, 0.05) is 24.0 Å². The molecular weight excluding hydrogens is 322 g/mol. The zero-order valence-electron chi connectivity index (χ0n) is 11.0. The molecule has 2 rings (SSSR count). The van der Waals surface area contributed by atoms with Gasteiger partial charge in [-0.25, -0.2) is 13.6 Å². The Hall–Kier alpha value is -0.670. The van der Waals surface area contributed by atoms with E-state index in [1.807, 2.05) is 0 Å². The third kappa shape index (κ3) is 3.32. The summed E-state index contributed by atoms with van der Waals surface area (Å²) in [6.45, 7) is 2.74. The van der Waals surface area contributed by atoms with E-state index in [4.69, 9.17) is 10.9 Å². The molecule has 0 bridgehead atoms. The van der Waals surface area contributed by atoms with Gasteiger partial charge in [-0.2, -0.15) is 0 Å². The van der Waals surface area contributed by atoms with Gasteiger partial charge in [0.1, 0.15) is 0 Å². The van der Waals surface area contributed by atoms with Crippen molar-refractivity contribution in [2.75, 3.05) is 13.1 Å². The van der Waals surface area contributed by atoms with E-state index in [2.05, 4.69) is 0 Å². The van der Waals surface area contributed by atoms with Gasteiger partial charge in [-0.1, -0.05) is 0 Å². The van der Waals surface area contributed by atoms with Crippen molar-refractivity contribution >= 4 is 39.7 Å². The summed E-state index contributed by atoms with van der Waals surface area (Å²) in [5.74, 6) is -0.157. The summed E-state index contributed by atoms with van der Waals surface area (Å²) >= 11 is 1.16. The number of aryl methyl sites for hydroxylation is 1. The fourth-order valence-corrected chi connectivity index (χ4v) is 4.44. The molecule has 4 N–H and O–H groups in total. The summed E-state index contributed by atoms with van der Waals surface area (Å²) in [5, 5.41) is 5.11. The fourth-order valence-electron chi connectivity index (χ4n) is 2.34. The summed E-state index contributed by atoms with van der Waals surface area (Å²) in [6, 6.07) is 1.41. The van der Waals surface area contributed by atoms with Crippen LogP contribution in [-0.2, 0) is 10.0 Å². The minimum atomic E-state index is -3.77. The van der Waals surface area contributed by atoms with Crippen LogP contribution in [0.4, 0.5) is 0 Å². The van der Waals surface area contributed by atoms with Crippen LogP contribution < -0.4 is 10.9 Å². The summed E-state index contributed by atoms with van der Waals surface area (Å²) in [7, 11) is -3.77. The van der Waals surface area contributed by atoms with Gasteiger partial charge in [0.2, 0.25) is 10.0 Å². The molecule has 2 heterocycles. The van der Waals surface area contributed by atoms with Gasteiger partial charge in [0.05, 0.1) is 9.77 Å². The van der Waals surface area contributed by atoms with E-state index in [9.17, 15) is 13.2 Å². The molecule has 1 atom stereocenters. The Labute approximate surface area is 128 Å². The van der Waals surface area contributed by atoms with Crippen molar-refractivity contribution in [3.8, 4) is 0 Å². The Kier molecular flexibility index (Phi) is 5.56. The Morgan fingerprint density at radius 3 is 2.70 bits per heavy atom. The molecule has 0 saturated carbocycles. The third-order valence-corrected chi connectivity index (χ3v) is 5.50. The van der Waals surface area contributed by atoms with E-state index in [-0.39, 0.29) is 29.3 Å². The van der Waals surface area contributed by atoms with Crippen molar-refractivity contribution in [3.05, 3.63) is 15.8 Å². The largest absolute Gasteiger partial charge is 0.334 e. The van der Waals surface area contributed by atoms with Gasteiger partial charge in [-0.3, -0.25) is 4.79 Å². The monoisotopic (exact) mass is 339 g/mol. The Morgan fingerprint density at radius 1 is 1.55 bits per heavy atom. The Balaban J connectivity index is 0.00000200. The van der Waals surface area contributed by atoms with Crippen LogP contribution in [0.15, 0.2) is 11.0 Å². The standard InChI is InChI=1S/C11H17N3O3S2.ClH/c1-7-10(19(13,16)17)5-9(18-7)11(15)14-4-2-3-8(14)6-12;/h5,8H,2-4,6,12H2,1H3,(H2,13,16,17);1H. The molecule has 114 valence electrons. The molecule has 1 amide bonds. The lowest BCUT2D eigenvalue weighted by molar-refractivity contribution is 0.0746. The van der Waals surface area contributed by atoms with Gasteiger partial charge in [0.25, 0.3) is 5.91 Å². The number of amides is 1. The molecule has 1 fully saturated rings. The van der Waals surface area contributed by atoms with Crippen LogP contribution in [0.5, 0.6) is 0 Å². The number of hydrogen-bond donors (Lipinski definition) is 2. The van der Waals surface area contributed by atoms with Crippen LogP contribution in [0.1, 0.15) is 27.4 Å². The highest BCUT2D eigenvalue weighted by molar-refractivity contribution is 7.89. The maximum Gasteiger partial charge on any atom is 0.264 e. The number of primary sulfonamides is 1. The first kappa shape index (κ1) is 17.4. The zero-order valence-corrected chi connectivity index (χ0v) is 13.5. The highest BCUT2D eigenvalue weighted by Crippen LogP contribution is 2.28. The maximum atomic E-state index is 12.4. The van der Waals surface area contributed by atoms with Crippen molar-refractivity contribution < 1.29 is 13.2 Å². The molecule has 9 heteroatoms. The molecule has 1 aromatic heterocycles. The molecule has 1 aliphatic rings. The van der Waals surface area contributed by atoms with Crippen LogP contribution in [-0.4, -0.2) is 38.4 Å². The van der Waals surface area contributed by atoms with Crippen molar-refractivity contribution in [1.29, 1.82) is 0 Å². The molecule has 6 nitrogen and oxygen atoms in total. The lowest BCUT2D eigenvalue weighted by atomic mass is 10.2. The lowest BCUT2D eigenvalue weighted by Gasteiger charge is -2.22. The molecule has 0 spiro atoms. The minimum Gasteiger partial charge on any atom is -0.334 e. The molecule has 1 saturated heterocycles. The molecule has 0 aromatic carbocycles. The number of likely N-dealkylation sites (tertiary alicyclic amines) is 1. The molecule has 1 aromatic rings. The number of carbonyl (C=O) groups is 1. The van der Waals surface area contributed by atoms with E-state index in [1.165, 1.54) is 6.07 Å². The van der Waals surface area contributed by atoms with Crippen LogP contribution in [0.3, 0.4) is 0 Å². The molecule has 1 unspecified atom stereocenters. The first-order valence-corrected chi connectivity index (χ1v) is 8.35. The van der Waals surface area contributed by atoms with Gasteiger partial charge in [-0.15, -0.1) is 23.7 Å². The number of hydrogen-bond acceptors (Lipinski definition) is 5. The van der Waals surface area contributed by atoms with Crippen LogP contribution >= 0.6 is 23.7 Å². The van der Waals surface area contributed by atoms with Crippen molar-refractivity contribution in [2.24, 2.45) is 10.9 Å². The lowest BCUT2D eigenvalue weighted by Crippen LogP contribution is -2.39. The third-order valence-electron chi connectivity index (χ3n) is 3.30. The predicted octanol–water partition coefficient (Wildman–Crippen LogP) is 0.689. The average molecular weight is 340 g/mol. The van der Waals surface area contributed by atoms with Gasteiger partial charge in [-0.05, 0) is 25.8 Å². The van der Waals surface area contributed by atoms with E-state index in [1.54, 1.807) is 11.8 Å². The van der Waals surface area contributed by atoms with Gasteiger partial charge >= 0.3 is 0 Å². The number of carbonyl (C=O) groups excluding carboxylic acids is 1. The molecule has 0 aliphatic carbocycles. The molecule has 1 aliphatic heterocycles. The second-order valence-corrected chi connectivity index (χ2v) is 7.39. The van der Waals surface area contributed by atoms with Crippen LogP contribution in [0, 0.1) is 6.92 Å². The number of halogens is 1. The van der Waals surface area contributed by atoms with Crippen LogP contribution in [0.2, 0.25) is 0 Å². The number of thiophene rings is 1. The summed E-state index contributed by atoms with van der Waals surface area (Å²) in [4.78, 5) is 15.0. The van der Waals surface area contributed by atoms with Crippen LogP contribution in [0.25, 0.3) is 0 Å². The van der Waals surface area contributed by atoms with Gasteiger partial charge < -0.3 is 10.6 Å². The first-order chi connectivity index (χ1) is 8.84. The normalized spacial score (nSPS) is 18.9. The number of rotatable bonds is 3. The van der Waals surface area contributed by atoms with E-state index in [0.29, 0.717) is 22.8 Å². The topological polar surface area (TPSA) is 106 Å². The Bertz CT molecular complexity index is 600. The number of nitrogens with zero attached hydrogens (tertiary/aromatic N) is 1. The summed E-state index contributed by atoms with van der Waals surface area (Å²) in [5.41, 5.74) is 5.64. The Morgan fingerprint density at radius 2 is 2.20 bits per heavy atom. The second-order valence-electron chi connectivity index (χ2n) is 4.61. The van der Waals surface area contributed by atoms with Crippen molar-refractivity contribution in [1.82, 2.24) is 4.90 Å². The minimum absolute atomic E-state index is 0. The van der Waals surface area contributed by atoms with Crippen molar-refractivity contribution in [3.63, 3.8) is 0 Å². The summed E-state index contributed by atoms with van der Waals surface area (Å²) < 4.78 is 22.7. The first-order valence-electron chi connectivity index (χ1n) is 5.99. The second kappa shape index (κ2) is 6.40. The smallest absolute Gasteiger partial charge is 0.264 e. The quantitative estimate of drug-likeness (QED) is 0.844. The number of nitrogens with two attached hydrogens (primary N) is 2. The predicted molar refractivity (Wildman–Crippen MR) is 80.8 cm³/mol. The highest BCUT2D eigenvalue weighted by Gasteiger charge is 2.30. The highest BCUT2D eigenvalue weighted by atomic mass is 35.5. The fraction of sp³-hybridized carbons (Fsp3) is 0.545. The van der Waals surface area contributed by atoms with Gasteiger partial charge in [0.15, 0.2) is 0 Å². The zero-order chi connectivity index (χ0) is 14.2. The SMILES string of the molecule is Cc1sc(C(=O)N2CCCC2CN)cc1S(N)(=O)=O.Cl. The average Bonchev–Trinajstić information content (AvgIpc) is 2.92. The molecular formula is C11H18ClN3O3S2. The van der Waals surface area contributed by atoms with E-state index < -0.39 is 10.0 Å². The summed E-state index contributed by atoms with van der Waals surface area (Å²) in [6.07, 6.45) is 1.83. The van der Waals surface area contributed by atoms with Crippen molar-refractivity contribution in [2.45, 2.75) is 30.7 Å². The molecule has 0 radical (unpaired) electrons.